The highest BCUT2D eigenvalue weighted by Crippen LogP contribution is 2.35. The largest absolute Gasteiger partial charge is 0.495 e. The van der Waals surface area contributed by atoms with E-state index in [4.69, 9.17) is 21.1 Å². The van der Waals surface area contributed by atoms with Gasteiger partial charge in [0.15, 0.2) is 5.78 Å². The van der Waals surface area contributed by atoms with Crippen LogP contribution in [0.4, 0.5) is 5.69 Å². The number of pyridine rings is 2. The average molecular weight is 492 g/mol. The summed E-state index contributed by atoms with van der Waals surface area (Å²) in [5.41, 5.74) is 1.19. The number of aryl methyl sites for hydroxylation is 1. The molecule has 4 aromatic rings. The summed E-state index contributed by atoms with van der Waals surface area (Å²) in [6.07, 6.45) is 1.38. The first-order valence-corrected chi connectivity index (χ1v) is 11.0. The van der Waals surface area contributed by atoms with Crippen molar-refractivity contribution < 1.29 is 19.1 Å². The van der Waals surface area contributed by atoms with Crippen molar-refractivity contribution in [2.45, 2.75) is 13.5 Å². The molecule has 0 fully saturated rings. The monoisotopic (exact) mass is 491 g/mol. The summed E-state index contributed by atoms with van der Waals surface area (Å²) >= 11 is 6.21. The van der Waals surface area contributed by atoms with Crippen LogP contribution in [-0.2, 0) is 11.3 Å². The molecule has 2 aromatic heterocycles. The minimum Gasteiger partial charge on any atom is -0.495 e. The fraction of sp³-hybridized carbons (Fsp3) is 0.154. The first kappa shape index (κ1) is 24.0. The van der Waals surface area contributed by atoms with Crippen LogP contribution in [0.5, 0.6) is 11.5 Å². The number of methoxy groups -OCH3 is 2. The maximum Gasteiger partial charge on any atom is 0.244 e. The Kier molecular flexibility index (Phi) is 6.84. The average Bonchev–Trinajstić information content (AvgIpc) is 2.86. The summed E-state index contributed by atoms with van der Waals surface area (Å²) in [5.74, 6) is -0.110. The van der Waals surface area contributed by atoms with Gasteiger partial charge in [0, 0.05) is 23.5 Å². The molecule has 178 valence electrons. The van der Waals surface area contributed by atoms with Gasteiger partial charge in [-0.2, -0.15) is 0 Å². The van der Waals surface area contributed by atoms with Crippen molar-refractivity contribution >= 4 is 40.0 Å². The summed E-state index contributed by atoms with van der Waals surface area (Å²) < 4.78 is 12.0. The number of ketones is 1. The molecular formula is C26H22ClN3O5. The number of rotatable bonds is 7. The molecule has 0 unspecified atom stereocenters. The number of carbonyl (C=O) groups excluding carboxylic acids is 2. The van der Waals surface area contributed by atoms with Crippen LogP contribution in [0.1, 0.15) is 21.6 Å². The molecule has 1 N–H and O–H groups in total. The minimum absolute atomic E-state index is 0.0489. The van der Waals surface area contributed by atoms with E-state index in [-0.39, 0.29) is 17.5 Å². The number of halogens is 1. The maximum atomic E-state index is 13.1. The zero-order valence-electron chi connectivity index (χ0n) is 19.3. The molecule has 35 heavy (non-hydrogen) atoms. The molecule has 0 radical (unpaired) electrons. The van der Waals surface area contributed by atoms with Crippen LogP contribution >= 0.6 is 11.6 Å². The molecule has 2 heterocycles. The lowest BCUT2D eigenvalue weighted by atomic mass is 10.0. The minimum atomic E-state index is -0.443. The quantitative estimate of drug-likeness (QED) is 0.388. The highest BCUT2D eigenvalue weighted by atomic mass is 35.5. The van der Waals surface area contributed by atoms with E-state index in [1.165, 1.54) is 31.0 Å². The van der Waals surface area contributed by atoms with E-state index in [2.05, 4.69) is 10.3 Å². The lowest BCUT2D eigenvalue weighted by Gasteiger charge is -2.15. The first-order chi connectivity index (χ1) is 16.8. The molecule has 0 saturated carbocycles. The molecule has 0 aliphatic heterocycles. The van der Waals surface area contributed by atoms with E-state index < -0.39 is 17.1 Å². The number of fused-ring (bicyclic) bond motifs is 1. The summed E-state index contributed by atoms with van der Waals surface area (Å²) in [6, 6.07) is 14.9. The SMILES string of the molecule is COc1cc(OC)c(NC(=O)Cn2cc(C(=O)c3ccccc3)c(=O)c3ccc(C)nc32)cc1Cl. The van der Waals surface area contributed by atoms with Gasteiger partial charge in [-0.1, -0.05) is 41.9 Å². The molecule has 0 atom stereocenters. The highest BCUT2D eigenvalue weighted by Gasteiger charge is 2.20. The van der Waals surface area contributed by atoms with Crippen LogP contribution < -0.4 is 20.2 Å². The van der Waals surface area contributed by atoms with Crippen LogP contribution in [0.3, 0.4) is 0 Å². The Bertz CT molecular complexity index is 1500. The Labute approximate surface area is 206 Å². The van der Waals surface area contributed by atoms with Gasteiger partial charge in [0.25, 0.3) is 0 Å². The van der Waals surface area contributed by atoms with E-state index in [0.717, 1.165) is 0 Å². The third-order valence-corrected chi connectivity index (χ3v) is 5.70. The van der Waals surface area contributed by atoms with Crippen LogP contribution in [0.25, 0.3) is 11.0 Å². The number of hydrogen-bond donors (Lipinski definition) is 1. The fourth-order valence-electron chi connectivity index (χ4n) is 3.69. The van der Waals surface area contributed by atoms with Crippen molar-refractivity contribution in [3.63, 3.8) is 0 Å². The molecule has 0 spiro atoms. The third kappa shape index (κ3) is 4.88. The Morgan fingerprint density at radius 2 is 1.74 bits per heavy atom. The van der Waals surface area contributed by atoms with E-state index in [9.17, 15) is 14.4 Å². The number of nitrogens with zero attached hydrogens (tertiary/aromatic N) is 2. The molecule has 0 saturated heterocycles. The second-order valence-electron chi connectivity index (χ2n) is 7.75. The zero-order valence-corrected chi connectivity index (χ0v) is 20.1. The van der Waals surface area contributed by atoms with Crippen LogP contribution in [0, 0.1) is 6.92 Å². The molecule has 1 amide bonds. The van der Waals surface area contributed by atoms with Crippen LogP contribution in [-0.4, -0.2) is 35.5 Å². The van der Waals surface area contributed by atoms with Crippen molar-refractivity contribution in [3.05, 3.63) is 92.9 Å². The van der Waals surface area contributed by atoms with Gasteiger partial charge in [-0.3, -0.25) is 14.4 Å². The van der Waals surface area contributed by atoms with E-state index in [1.807, 2.05) is 0 Å². The third-order valence-electron chi connectivity index (χ3n) is 5.40. The molecule has 8 nitrogen and oxygen atoms in total. The zero-order chi connectivity index (χ0) is 25.1. The van der Waals surface area contributed by atoms with Gasteiger partial charge >= 0.3 is 0 Å². The van der Waals surface area contributed by atoms with Gasteiger partial charge in [0.2, 0.25) is 11.3 Å². The lowest BCUT2D eigenvalue weighted by Crippen LogP contribution is -2.25. The lowest BCUT2D eigenvalue weighted by molar-refractivity contribution is -0.116. The predicted octanol–water partition coefficient (Wildman–Crippen LogP) is 4.25. The smallest absolute Gasteiger partial charge is 0.244 e. The molecule has 4 rings (SSSR count). The van der Waals surface area contributed by atoms with Gasteiger partial charge in [-0.05, 0) is 25.1 Å². The first-order valence-electron chi connectivity index (χ1n) is 10.6. The fourth-order valence-corrected chi connectivity index (χ4v) is 3.93. The second kappa shape index (κ2) is 9.99. The number of benzene rings is 2. The van der Waals surface area contributed by atoms with Gasteiger partial charge in [-0.15, -0.1) is 0 Å². The number of amides is 1. The number of anilines is 1. The topological polar surface area (TPSA) is 99.5 Å². The van der Waals surface area contributed by atoms with Gasteiger partial charge in [0.05, 0.1) is 35.9 Å². The van der Waals surface area contributed by atoms with E-state index in [0.29, 0.717) is 39.1 Å². The van der Waals surface area contributed by atoms with Crippen LogP contribution in [0.2, 0.25) is 5.02 Å². The summed E-state index contributed by atoms with van der Waals surface area (Å²) in [4.78, 5) is 43.7. The molecule has 9 heteroatoms. The van der Waals surface area contributed by atoms with Crippen molar-refractivity contribution in [2.24, 2.45) is 0 Å². The van der Waals surface area contributed by atoms with Crippen molar-refractivity contribution in [1.82, 2.24) is 9.55 Å². The van der Waals surface area contributed by atoms with Gasteiger partial charge in [-0.25, -0.2) is 4.98 Å². The number of ether oxygens (including phenoxy) is 2. The molecule has 0 bridgehead atoms. The molecule has 2 aromatic carbocycles. The molecule has 0 aliphatic rings. The maximum absolute atomic E-state index is 13.1. The van der Waals surface area contributed by atoms with Crippen molar-refractivity contribution in [1.29, 1.82) is 0 Å². The molecule has 0 aliphatic carbocycles. The number of nitrogens with one attached hydrogen (secondary N) is 1. The standard InChI is InChI=1S/C26H22ClN3O5/c1-15-9-10-17-25(33)18(24(32)16-7-5-4-6-8-16)13-30(26(17)28-15)14-23(31)29-20-11-19(27)21(34-2)12-22(20)35-3/h4-13H,14H2,1-3H3,(H,29,31). The van der Waals surface area contributed by atoms with Gasteiger partial charge < -0.3 is 19.4 Å². The second-order valence-corrected chi connectivity index (χ2v) is 8.16. The van der Waals surface area contributed by atoms with E-state index >= 15 is 0 Å². The predicted molar refractivity (Wildman–Crippen MR) is 134 cm³/mol. The Morgan fingerprint density at radius 3 is 2.43 bits per heavy atom. The van der Waals surface area contributed by atoms with E-state index in [1.54, 1.807) is 55.5 Å². The summed E-state index contributed by atoms with van der Waals surface area (Å²) in [5, 5.41) is 3.30. The Balaban J connectivity index is 1.75. The van der Waals surface area contributed by atoms with Gasteiger partial charge in [0.1, 0.15) is 23.7 Å². The number of aromatic nitrogens is 2. The number of carbonyl (C=O) groups is 2. The molecular weight excluding hydrogens is 470 g/mol. The van der Waals surface area contributed by atoms with Crippen LogP contribution in [0.15, 0.2) is 65.6 Å². The Morgan fingerprint density at radius 1 is 1.03 bits per heavy atom. The highest BCUT2D eigenvalue weighted by molar-refractivity contribution is 6.32. The number of hydrogen-bond acceptors (Lipinski definition) is 6. The normalized spacial score (nSPS) is 10.7. The van der Waals surface area contributed by atoms with Crippen molar-refractivity contribution in [3.8, 4) is 11.5 Å². The summed E-state index contributed by atoms with van der Waals surface area (Å²) in [6.45, 7) is 1.57. The summed E-state index contributed by atoms with van der Waals surface area (Å²) in [7, 11) is 2.94. The van der Waals surface area contributed by atoms with Crippen molar-refractivity contribution in [2.75, 3.05) is 19.5 Å². The Hall–Kier alpha value is -4.17.